The highest BCUT2D eigenvalue weighted by molar-refractivity contribution is 9.10. The Morgan fingerprint density at radius 3 is 2.56 bits per heavy atom. The van der Waals surface area contributed by atoms with Gasteiger partial charge in [-0.25, -0.2) is 0 Å². The van der Waals surface area contributed by atoms with Crippen molar-refractivity contribution in [1.29, 1.82) is 0 Å². The number of rotatable bonds is 9. The number of alkyl halides is 1. The van der Waals surface area contributed by atoms with Crippen molar-refractivity contribution in [3.05, 3.63) is 23.8 Å². The number of ketones is 1. The summed E-state index contributed by atoms with van der Waals surface area (Å²) in [7, 11) is 0. The molecule has 1 atom stereocenters. The van der Waals surface area contributed by atoms with Crippen LogP contribution < -0.4 is 10.1 Å². The fraction of sp³-hybridized carbons (Fsp3) is 0.636. The normalized spacial score (nSPS) is 16.2. The molecule has 0 spiro atoms. The van der Waals surface area contributed by atoms with Gasteiger partial charge in [0.05, 0.1) is 17.1 Å². The number of hydrogen-bond acceptors (Lipinski definition) is 3. The Balaban J connectivity index is 2.02. The zero-order valence-corrected chi connectivity index (χ0v) is 18.3. The second kappa shape index (κ2) is 10.8. The highest BCUT2D eigenvalue weighted by Gasteiger charge is 2.22. The van der Waals surface area contributed by atoms with Crippen molar-refractivity contribution in [2.24, 2.45) is 11.8 Å². The van der Waals surface area contributed by atoms with Crippen molar-refractivity contribution in [2.45, 2.75) is 70.5 Å². The first kappa shape index (κ1) is 21.9. The molecular weight excluding hydrogens is 406 g/mol. The summed E-state index contributed by atoms with van der Waals surface area (Å²) in [6.07, 6.45) is 7.90. The van der Waals surface area contributed by atoms with Crippen LogP contribution in [0.2, 0.25) is 0 Å². The third kappa shape index (κ3) is 6.63. The summed E-state index contributed by atoms with van der Waals surface area (Å²) >= 11 is 3.46. The van der Waals surface area contributed by atoms with E-state index in [9.17, 15) is 9.59 Å². The summed E-state index contributed by atoms with van der Waals surface area (Å²) in [6.45, 7) is 6.37. The van der Waals surface area contributed by atoms with Gasteiger partial charge in [-0.15, -0.1) is 0 Å². The molecule has 0 aliphatic heterocycles. The number of carbonyl (C=O) groups excluding carboxylic acids is 2. The molecule has 1 amide bonds. The largest absolute Gasteiger partial charge is 0.492 e. The SMILES string of the molecule is CCOc1cc(C(=O)C(Br)C(C)C)ccc1NC(=O)CCC1CCCCC1. The zero-order chi connectivity index (χ0) is 19.8. The standard InChI is InChI=1S/C22H32BrNO3/c1-4-27-19-14-17(22(26)21(23)15(2)3)11-12-18(19)24-20(25)13-10-16-8-6-5-7-9-16/h11-12,14-16,21H,4-10,13H2,1-3H3,(H,24,25). The zero-order valence-electron chi connectivity index (χ0n) is 16.7. The van der Waals surface area contributed by atoms with E-state index < -0.39 is 0 Å². The molecule has 0 aromatic heterocycles. The lowest BCUT2D eigenvalue weighted by Crippen LogP contribution is -2.20. The average Bonchev–Trinajstić information content (AvgIpc) is 2.67. The Labute approximate surface area is 171 Å². The number of benzene rings is 1. The third-order valence-electron chi connectivity index (χ3n) is 5.18. The van der Waals surface area contributed by atoms with Crippen LogP contribution >= 0.6 is 15.9 Å². The number of nitrogens with one attached hydrogen (secondary N) is 1. The predicted octanol–water partition coefficient (Wildman–Crippen LogP) is 5.99. The van der Waals surface area contributed by atoms with Crippen molar-refractivity contribution < 1.29 is 14.3 Å². The second-order valence-corrected chi connectivity index (χ2v) is 8.73. The van der Waals surface area contributed by atoms with Crippen LogP contribution in [0.1, 0.15) is 76.1 Å². The minimum absolute atomic E-state index is 0.0150. The molecule has 150 valence electrons. The minimum atomic E-state index is -0.233. The van der Waals surface area contributed by atoms with Crippen LogP contribution in [0.15, 0.2) is 18.2 Å². The van der Waals surface area contributed by atoms with E-state index in [4.69, 9.17) is 4.74 Å². The van der Waals surface area contributed by atoms with Gasteiger partial charge in [0.1, 0.15) is 5.75 Å². The van der Waals surface area contributed by atoms with Gasteiger partial charge in [0.15, 0.2) is 5.78 Å². The van der Waals surface area contributed by atoms with Gasteiger partial charge < -0.3 is 10.1 Å². The van der Waals surface area contributed by atoms with Crippen molar-refractivity contribution in [2.75, 3.05) is 11.9 Å². The molecule has 1 aliphatic rings. The van der Waals surface area contributed by atoms with Gasteiger partial charge in [0.25, 0.3) is 0 Å². The van der Waals surface area contributed by atoms with Crippen molar-refractivity contribution in [3.63, 3.8) is 0 Å². The van der Waals surface area contributed by atoms with Crippen LogP contribution in [0, 0.1) is 11.8 Å². The van der Waals surface area contributed by atoms with Gasteiger partial charge in [-0.05, 0) is 43.4 Å². The maximum absolute atomic E-state index is 12.6. The van der Waals surface area contributed by atoms with E-state index >= 15 is 0 Å². The Hall–Kier alpha value is -1.36. The predicted molar refractivity (Wildman–Crippen MR) is 114 cm³/mol. The second-order valence-electron chi connectivity index (χ2n) is 7.74. The number of hydrogen-bond donors (Lipinski definition) is 1. The fourth-order valence-electron chi connectivity index (χ4n) is 3.54. The molecular formula is C22H32BrNO3. The van der Waals surface area contributed by atoms with Crippen molar-refractivity contribution in [3.8, 4) is 5.75 Å². The van der Waals surface area contributed by atoms with Gasteiger partial charge in [0, 0.05) is 12.0 Å². The summed E-state index contributed by atoms with van der Waals surface area (Å²) in [4.78, 5) is 24.7. The summed E-state index contributed by atoms with van der Waals surface area (Å²) in [5.41, 5.74) is 1.23. The highest BCUT2D eigenvalue weighted by atomic mass is 79.9. The number of carbonyl (C=O) groups is 2. The highest BCUT2D eigenvalue weighted by Crippen LogP contribution is 2.30. The Morgan fingerprint density at radius 1 is 1.22 bits per heavy atom. The van der Waals surface area contributed by atoms with E-state index in [1.807, 2.05) is 20.8 Å². The van der Waals surface area contributed by atoms with Crippen molar-refractivity contribution in [1.82, 2.24) is 0 Å². The Bertz CT molecular complexity index is 638. The molecule has 1 aliphatic carbocycles. The van der Waals surface area contributed by atoms with Gasteiger partial charge in [-0.3, -0.25) is 9.59 Å². The molecule has 1 aromatic rings. The minimum Gasteiger partial charge on any atom is -0.492 e. The van der Waals surface area contributed by atoms with E-state index in [2.05, 4.69) is 21.2 Å². The maximum atomic E-state index is 12.6. The molecule has 5 heteroatoms. The van der Waals surface area contributed by atoms with Gasteiger partial charge in [-0.1, -0.05) is 61.9 Å². The van der Waals surface area contributed by atoms with E-state index in [1.54, 1.807) is 18.2 Å². The first-order chi connectivity index (χ1) is 12.9. The molecule has 1 N–H and O–H groups in total. The summed E-state index contributed by atoms with van der Waals surface area (Å²) in [5, 5.41) is 2.97. The molecule has 0 radical (unpaired) electrons. The van der Waals surface area contributed by atoms with Crippen LogP contribution in [0.4, 0.5) is 5.69 Å². The van der Waals surface area contributed by atoms with E-state index in [1.165, 1.54) is 32.1 Å². The third-order valence-corrected chi connectivity index (χ3v) is 6.65. The summed E-state index contributed by atoms with van der Waals surface area (Å²) in [5.74, 6) is 1.48. The van der Waals surface area contributed by atoms with E-state index in [0.717, 1.165) is 6.42 Å². The average molecular weight is 438 g/mol. The van der Waals surface area contributed by atoms with Crippen molar-refractivity contribution >= 4 is 33.3 Å². The Kier molecular flexibility index (Phi) is 8.81. The molecule has 4 nitrogen and oxygen atoms in total. The molecule has 1 aromatic carbocycles. The molecule has 27 heavy (non-hydrogen) atoms. The van der Waals surface area contributed by atoms with E-state index in [0.29, 0.717) is 35.9 Å². The van der Waals surface area contributed by atoms with E-state index in [-0.39, 0.29) is 22.4 Å². The van der Waals surface area contributed by atoms with Crippen LogP contribution in [-0.4, -0.2) is 23.1 Å². The lowest BCUT2D eigenvalue weighted by atomic mass is 9.86. The smallest absolute Gasteiger partial charge is 0.224 e. The number of amides is 1. The number of ether oxygens (including phenoxy) is 1. The number of halogens is 1. The maximum Gasteiger partial charge on any atom is 0.224 e. The number of Topliss-reactive ketones (excluding diaryl/α,β-unsaturated/α-hetero) is 1. The molecule has 1 saturated carbocycles. The molecule has 0 heterocycles. The van der Waals surface area contributed by atoms with Gasteiger partial charge >= 0.3 is 0 Å². The molecule has 1 fully saturated rings. The number of anilines is 1. The molecule has 0 bridgehead atoms. The first-order valence-electron chi connectivity index (χ1n) is 10.2. The fourth-order valence-corrected chi connectivity index (χ4v) is 3.80. The summed E-state index contributed by atoms with van der Waals surface area (Å²) < 4.78 is 5.68. The lowest BCUT2D eigenvalue weighted by Gasteiger charge is -2.21. The van der Waals surface area contributed by atoms with Crippen LogP contribution in [0.25, 0.3) is 0 Å². The lowest BCUT2D eigenvalue weighted by molar-refractivity contribution is -0.116. The first-order valence-corrected chi connectivity index (χ1v) is 11.1. The molecule has 1 unspecified atom stereocenters. The van der Waals surface area contributed by atoms with Gasteiger partial charge in [-0.2, -0.15) is 0 Å². The summed E-state index contributed by atoms with van der Waals surface area (Å²) in [6, 6.07) is 5.27. The van der Waals surface area contributed by atoms with Crippen LogP contribution in [0.3, 0.4) is 0 Å². The van der Waals surface area contributed by atoms with Crippen LogP contribution in [0.5, 0.6) is 5.75 Å². The monoisotopic (exact) mass is 437 g/mol. The topological polar surface area (TPSA) is 55.4 Å². The quantitative estimate of drug-likeness (QED) is 0.381. The Morgan fingerprint density at radius 2 is 1.93 bits per heavy atom. The molecule has 0 saturated heterocycles. The van der Waals surface area contributed by atoms with Gasteiger partial charge in [0.2, 0.25) is 5.91 Å². The molecule has 2 rings (SSSR count). The van der Waals surface area contributed by atoms with Crippen LogP contribution in [-0.2, 0) is 4.79 Å².